The van der Waals surface area contributed by atoms with Crippen LogP contribution in [0.5, 0.6) is 0 Å². The van der Waals surface area contributed by atoms with Gasteiger partial charge in [0.15, 0.2) is 0 Å². The van der Waals surface area contributed by atoms with Gasteiger partial charge < -0.3 is 9.64 Å². The second-order valence-electron chi connectivity index (χ2n) is 4.64. The molecular formula is C13H15N2O2. The predicted octanol–water partition coefficient (Wildman–Crippen LogP) is 1.24. The van der Waals surface area contributed by atoms with Crippen LogP contribution in [0, 0.1) is 5.92 Å². The lowest BCUT2D eigenvalue weighted by atomic mass is 9.96. The van der Waals surface area contributed by atoms with E-state index in [-0.39, 0.29) is 6.09 Å². The molecule has 2 fully saturated rings. The van der Waals surface area contributed by atoms with Crippen molar-refractivity contribution in [2.45, 2.75) is 12.6 Å². The lowest BCUT2D eigenvalue weighted by Crippen LogP contribution is -2.46. The van der Waals surface area contributed by atoms with Crippen molar-refractivity contribution in [1.82, 2.24) is 10.2 Å². The van der Waals surface area contributed by atoms with Gasteiger partial charge in [0.05, 0.1) is 0 Å². The Balaban J connectivity index is 1.51. The number of fused-ring (bicyclic) bond motifs is 1. The summed E-state index contributed by atoms with van der Waals surface area (Å²) in [6.45, 7) is 2.80. The Morgan fingerprint density at radius 2 is 2.18 bits per heavy atom. The summed E-state index contributed by atoms with van der Waals surface area (Å²) < 4.78 is 5.28. The monoisotopic (exact) mass is 231 g/mol. The molecule has 17 heavy (non-hydrogen) atoms. The molecule has 0 aliphatic carbocycles. The van der Waals surface area contributed by atoms with Gasteiger partial charge in [-0.3, -0.25) is 0 Å². The van der Waals surface area contributed by atoms with Crippen molar-refractivity contribution in [2.75, 3.05) is 19.6 Å². The quantitative estimate of drug-likeness (QED) is 0.768. The van der Waals surface area contributed by atoms with Crippen molar-refractivity contribution in [3.05, 3.63) is 35.9 Å². The molecule has 0 N–H and O–H groups in total. The van der Waals surface area contributed by atoms with Crippen LogP contribution in [0.3, 0.4) is 0 Å². The van der Waals surface area contributed by atoms with Crippen LogP contribution in [0.25, 0.3) is 0 Å². The van der Waals surface area contributed by atoms with E-state index in [1.165, 1.54) is 0 Å². The Morgan fingerprint density at radius 1 is 1.35 bits per heavy atom. The van der Waals surface area contributed by atoms with Gasteiger partial charge >= 0.3 is 6.09 Å². The number of amides is 1. The van der Waals surface area contributed by atoms with E-state index in [9.17, 15) is 4.79 Å². The van der Waals surface area contributed by atoms with Gasteiger partial charge in [-0.2, -0.15) is 0 Å². The van der Waals surface area contributed by atoms with Gasteiger partial charge in [0.25, 0.3) is 0 Å². The summed E-state index contributed by atoms with van der Waals surface area (Å²) in [7, 11) is 0. The number of hydrogen-bond acceptors (Lipinski definition) is 2. The van der Waals surface area contributed by atoms with Crippen LogP contribution in [0.1, 0.15) is 5.56 Å². The minimum Gasteiger partial charge on any atom is -0.445 e. The molecule has 0 bridgehead atoms. The molecule has 2 atom stereocenters. The fourth-order valence-electron chi connectivity index (χ4n) is 2.33. The second kappa shape index (κ2) is 4.37. The van der Waals surface area contributed by atoms with Gasteiger partial charge in [0.1, 0.15) is 6.61 Å². The van der Waals surface area contributed by atoms with Crippen LogP contribution in [-0.2, 0) is 11.3 Å². The molecule has 2 aliphatic heterocycles. The van der Waals surface area contributed by atoms with Crippen molar-refractivity contribution in [2.24, 2.45) is 5.92 Å². The summed E-state index contributed by atoms with van der Waals surface area (Å²) in [5.74, 6) is 0.583. The fourth-order valence-corrected chi connectivity index (χ4v) is 2.33. The van der Waals surface area contributed by atoms with Gasteiger partial charge in [0, 0.05) is 31.6 Å². The maximum Gasteiger partial charge on any atom is 0.410 e. The lowest BCUT2D eigenvalue weighted by molar-refractivity contribution is 0.103. The topological polar surface area (TPSA) is 43.6 Å². The number of ether oxygens (including phenoxy) is 1. The first-order chi connectivity index (χ1) is 8.33. The normalized spacial score (nSPS) is 26.2. The number of likely N-dealkylation sites (tertiary alicyclic amines) is 1. The summed E-state index contributed by atoms with van der Waals surface area (Å²) in [6.07, 6.45) is -0.210. The van der Waals surface area contributed by atoms with E-state index in [2.05, 4.69) is 5.32 Å². The smallest absolute Gasteiger partial charge is 0.410 e. The zero-order valence-corrected chi connectivity index (χ0v) is 9.58. The van der Waals surface area contributed by atoms with Crippen molar-refractivity contribution in [3.63, 3.8) is 0 Å². The molecule has 3 rings (SSSR count). The Labute approximate surface area is 101 Å². The van der Waals surface area contributed by atoms with Crippen LogP contribution >= 0.6 is 0 Å². The average Bonchev–Trinajstić information content (AvgIpc) is 2.64. The maximum absolute atomic E-state index is 11.8. The van der Waals surface area contributed by atoms with E-state index < -0.39 is 0 Å². The van der Waals surface area contributed by atoms with Gasteiger partial charge in [-0.25, -0.2) is 10.1 Å². The highest BCUT2D eigenvalue weighted by molar-refractivity contribution is 5.68. The predicted molar refractivity (Wildman–Crippen MR) is 62.5 cm³/mol. The van der Waals surface area contributed by atoms with Gasteiger partial charge in [0.2, 0.25) is 0 Å². The maximum atomic E-state index is 11.8. The Bertz CT molecular complexity index is 395. The zero-order chi connectivity index (χ0) is 11.7. The minimum absolute atomic E-state index is 0.210. The Kier molecular flexibility index (Phi) is 2.73. The highest BCUT2D eigenvalue weighted by atomic mass is 16.6. The SMILES string of the molecule is O=C(OCc1ccccc1)N1C[C@H]2C[N][C@H]2C1. The third kappa shape index (κ3) is 2.13. The molecule has 2 heterocycles. The van der Waals surface area contributed by atoms with Crippen molar-refractivity contribution < 1.29 is 9.53 Å². The molecule has 4 heteroatoms. The van der Waals surface area contributed by atoms with E-state index in [4.69, 9.17) is 4.74 Å². The standard InChI is InChI=1S/C13H15N2O2/c16-13(15-7-11-6-14-12(11)8-15)17-9-10-4-2-1-3-5-10/h1-5,11-12H,6-9H2/t11-,12+/m1/s1. The van der Waals surface area contributed by atoms with Crippen LogP contribution in [0.4, 0.5) is 4.79 Å². The van der Waals surface area contributed by atoms with Crippen molar-refractivity contribution >= 4 is 6.09 Å². The Hall–Kier alpha value is -1.55. The van der Waals surface area contributed by atoms with E-state index in [1.54, 1.807) is 4.90 Å². The van der Waals surface area contributed by atoms with E-state index in [0.29, 0.717) is 18.6 Å². The molecule has 0 spiro atoms. The summed E-state index contributed by atoms with van der Waals surface area (Å²) in [5, 5.41) is 4.33. The molecule has 1 aromatic carbocycles. The number of rotatable bonds is 2. The third-order valence-corrected chi connectivity index (χ3v) is 3.44. The van der Waals surface area contributed by atoms with E-state index in [1.807, 2.05) is 30.3 Å². The van der Waals surface area contributed by atoms with Gasteiger partial charge in [-0.05, 0) is 5.56 Å². The van der Waals surface area contributed by atoms with Gasteiger partial charge in [-0.15, -0.1) is 0 Å². The van der Waals surface area contributed by atoms with Crippen molar-refractivity contribution in [1.29, 1.82) is 0 Å². The number of nitrogens with zero attached hydrogens (tertiary/aromatic N) is 2. The van der Waals surface area contributed by atoms with Crippen LogP contribution < -0.4 is 5.32 Å². The number of benzene rings is 1. The lowest BCUT2D eigenvalue weighted by Gasteiger charge is -2.27. The molecule has 2 aliphatic rings. The molecule has 1 aromatic rings. The molecule has 0 aromatic heterocycles. The molecular weight excluding hydrogens is 216 g/mol. The number of hydrogen-bond donors (Lipinski definition) is 0. The highest BCUT2D eigenvalue weighted by Crippen LogP contribution is 2.25. The van der Waals surface area contributed by atoms with Crippen molar-refractivity contribution in [3.8, 4) is 0 Å². The largest absolute Gasteiger partial charge is 0.445 e. The summed E-state index contributed by atoms with van der Waals surface area (Å²) in [4.78, 5) is 13.6. The van der Waals surface area contributed by atoms with E-state index in [0.717, 1.165) is 25.2 Å². The van der Waals surface area contributed by atoms with Gasteiger partial charge in [-0.1, -0.05) is 30.3 Å². The summed E-state index contributed by atoms with van der Waals surface area (Å²) in [6, 6.07) is 10.1. The highest BCUT2D eigenvalue weighted by Gasteiger charge is 2.42. The summed E-state index contributed by atoms with van der Waals surface area (Å²) in [5.41, 5.74) is 1.02. The van der Waals surface area contributed by atoms with Crippen LogP contribution in [0.15, 0.2) is 30.3 Å². The molecule has 1 amide bonds. The first-order valence-electron chi connectivity index (χ1n) is 5.95. The minimum atomic E-state index is -0.210. The molecule has 0 unspecified atom stereocenters. The molecule has 2 saturated heterocycles. The first-order valence-corrected chi connectivity index (χ1v) is 5.95. The number of carbonyl (C=O) groups excluding carboxylic acids is 1. The fraction of sp³-hybridized carbons (Fsp3) is 0.462. The second-order valence-corrected chi connectivity index (χ2v) is 4.64. The zero-order valence-electron chi connectivity index (χ0n) is 9.58. The summed E-state index contributed by atoms with van der Waals surface area (Å²) >= 11 is 0. The Morgan fingerprint density at radius 3 is 2.76 bits per heavy atom. The van der Waals surface area contributed by atoms with Crippen LogP contribution in [0.2, 0.25) is 0 Å². The third-order valence-electron chi connectivity index (χ3n) is 3.44. The molecule has 0 saturated carbocycles. The van der Waals surface area contributed by atoms with Crippen LogP contribution in [-0.4, -0.2) is 36.7 Å². The molecule has 4 nitrogen and oxygen atoms in total. The number of carbonyl (C=O) groups is 1. The molecule has 89 valence electrons. The average molecular weight is 231 g/mol. The van der Waals surface area contributed by atoms with E-state index >= 15 is 0 Å². The molecule has 1 radical (unpaired) electrons. The first kappa shape index (κ1) is 10.6.